The first-order valence-corrected chi connectivity index (χ1v) is 9.43. The fourth-order valence-electron chi connectivity index (χ4n) is 2.67. The number of para-hydroxylation sites is 2. The molecular weight excluding hydrogens is 344 g/mol. The van der Waals surface area contributed by atoms with E-state index in [1.165, 1.54) is 11.8 Å². The van der Waals surface area contributed by atoms with E-state index in [1.54, 1.807) is 24.3 Å². The number of carbonyl (C=O) groups excluding carboxylic acids is 1. The Kier molecular flexibility index (Phi) is 5.59. The molecule has 5 nitrogen and oxygen atoms in total. The van der Waals surface area contributed by atoms with Gasteiger partial charge in [0.2, 0.25) is 5.91 Å². The highest BCUT2D eigenvalue weighted by molar-refractivity contribution is 8.00. The van der Waals surface area contributed by atoms with Gasteiger partial charge in [0.25, 0.3) is 0 Å². The highest BCUT2D eigenvalue weighted by Crippen LogP contribution is 2.28. The number of anilines is 1. The van der Waals surface area contributed by atoms with Gasteiger partial charge in [0, 0.05) is 12.2 Å². The Hall–Kier alpha value is -2.78. The van der Waals surface area contributed by atoms with Crippen molar-refractivity contribution in [3.05, 3.63) is 54.1 Å². The summed E-state index contributed by atoms with van der Waals surface area (Å²) >= 11 is 1.46. The standard InChI is InChI=1S/C20H20N4OS/c1-3-12-24-18-7-5-4-6-17(18)23-20(24)26-14(2)19(25)22-16-10-8-15(13-21)9-11-16/h4-11,14H,3,12H2,1-2H3,(H,22,25). The molecular formula is C20H20N4OS. The van der Waals surface area contributed by atoms with E-state index in [2.05, 4.69) is 28.9 Å². The van der Waals surface area contributed by atoms with Crippen molar-refractivity contribution in [3.63, 3.8) is 0 Å². The summed E-state index contributed by atoms with van der Waals surface area (Å²) in [6, 6.07) is 16.9. The van der Waals surface area contributed by atoms with Gasteiger partial charge >= 0.3 is 0 Å². The summed E-state index contributed by atoms with van der Waals surface area (Å²) in [5.41, 5.74) is 3.29. The third kappa shape index (κ3) is 3.89. The molecule has 1 N–H and O–H groups in total. The largest absolute Gasteiger partial charge is 0.325 e. The molecule has 3 aromatic rings. The molecule has 0 spiro atoms. The Morgan fingerprint density at radius 1 is 1.27 bits per heavy atom. The number of amides is 1. The first kappa shape index (κ1) is 18.0. The van der Waals surface area contributed by atoms with Crippen LogP contribution >= 0.6 is 11.8 Å². The van der Waals surface area contributed by atoms with E-state index in [4.69, 9.17) is 10.2 Å². The molecule has 0 fully saturated rings. The molecule has 1 aromatic heterocycles. The Labute approximate surface area is 157 Å². The first-order chi connectivity index (χ1) is 12.6. The Balaban J connectivity index is 1.75. The van der Waals surface area contributed by atoms with Crippen LogP contribution in [0.25, 0.3) is 11.0 Å². The molecule has 0 bridgehead atoms. The average Bonchev–Trinajstić information content (AvgIpc) is 3.00. The van der Waals surface area contributed by atoms with Crippen LogP contribution in [0.2, 0.25) is 0 Å². The number of nitrogens with zero attached hydrogens (tertiary/aromatic N) is 3. The van der Waals surface area contributed by atoms with E-state index in [9.17, 15) is 4.79 Å². The fourth-order valence-corrected chi connectivity index (χ4v) is 3.62. The van der Waals surface area contributed by atoms with Gasteiger partial charge in [0.1, 0.15) is 0 Å². The average molecular weight is 364 g/mol. The third-order valence-corrected chi connectivity index (χ3v) is 5.09. The van der Waals surface area contributed by atoms with Crippen molar-refractivity contribution in [3.8, 4) is 6.07 Å². The molecule has 0 aliphatic carbocycles. The van der Waals surface area contributed by atoms with Crippen LogP contribution in [0, 0.1) is 11.3 Å². The smallest absolute Gasteiger partial charge is 0.237 e. The summed E-state index contributed by atoms with van der Waals surface area (Å²) in [6.45, 7) is 4.87. The number of benzene rings is 2. The first-order valence-electron chi connectivity index (χ1n) is 8.55. The highest BCUT2D eigenvalue weighted by Gasteiger charge is 2.19. The summed E-state index contributed by atoms with van der Waals surface area (Å²) in [7, 11) is 0. The summed E-state index contributed by atoms with van der Waals surface area (Å²) in [5, 5.41) is 12.3. The number of fused-ring (bicyclic) bond motifs is 1. The van der Waals surface area contributed by atoms with Crippen LogP contribution in [-0.2, 0) is 11.3 Å². The van der Waals surface area contributed by atoms with Crippen LogP contribution in [0.1, 0.15) is 25.8 Å². The number of nitrogens with one attached hydrogen (secondary N) is 1. The minimum Gasteiger partial charge on any atom is -0.325 e. The number of rotatable bonds is 6. The molecule has 6 heteroatoms. The molecule has 1 atom stereocenters. The molecule has 0 aliphatic rings. The molecule has 3 rings (SSSR count). The number of carbonyl (C=O) groups is 1. The number of hydrogen-bond donors (Lipinski definition) is 1. The molecule has 1 heterocycles. The van der Waals surface area contributed by atoms with Gasteiger partial charge in [-0.25, -0.2) is 4.98 Å². The normalized spacial score (nSPS) is 11.9. The summed E-state index contributed by atoms with van der Waals surface area (Å²) in [6.07, 6.45) is 1.000. The quantitative estimate of drug-likeness (QED) is 0.657. The molecule has 0 radical (unpaired) electrons. The Bertz CT molecular complexity index is 956. The van der Waals surface area contributed by atoms with E-state index in [0.717, 1.165) is 29.2 Å². The van der Waals surface area contributed by atoms with E-state index >= 15 is 0 Å². The molecule has 0 saturated carbocycles. The second kappa shape index (κ2) is 8.07. The molecule has 2 aromatic carbocycles. The zero-order valence-electron chi connectivity index (χ0n) is 14.8. The van der Waals surface area contributed by atoms with Crippen molar-refractivity contribution < 1.29 is 4.79 Å². The van der Waals surface area contributed by atoms with Gasteiger partial charge in [-0.05, 0) is 49.7 Å². The summed E-state index contributed by atoms with van der Waals surface area (Å²) in [4.78, 5) is 17.2. The van der Waals surface area contributed by atoms with Gasteiger partial charge in [-0.2, -0.15) is 5.26 Å². The maximum Gasteiger partial charge on any atom is 0.237 e. The van der Waals surface area contributed by atoms with Crippen LogP contribution in [0.15, 0.2) is 53.7 Å². The molecule has 1 unspecified atom stereocenters. The Morgan fingerprint density at radius 3 is 2.69 bits per heavy atom. The van der Waals surface area contributed by atoms with Gasteiger partial charge < -0.3 is 9.88 Å². The molecule has 0 saturated heterocycles. The van der Waals surface area contributed by atoms with Gasteiger partial charge in [-0.15, -0.1) is 0 Å². The lowest BCUT2D eigenvalue weighted by molar-refractivity contribution is -0.115. The molecule has 0 aliphatic heterocycles. The lowest BCUT2D eigenvalue weighted by atomic mass is 10.2. The van der Waals surface area contributed by atoms with Gasteiger partial charge in [0.05, 0.1) is 27.9 Å². The van der Waals surface area contributed by atoms with Crippen LogP contribution in [-0.4, -0.2) is 20.7 Å². The maximum absolute atomic E-state index is 12.5. The van der Waals surface area contributed by atoms with E-state index in [1.807, 2.05) is 25.1 Å². The van der Waals surface area contributed by atoms with E-state index in [0.29, 0.717) is 11.3 Å². The maximum atomic E-state index is 12.5. The van der Waals surface area contributed by atoms with Crippen LogP contribution < -0.4 is 5.32 Å². The zero-order chi connectivity index (χ0) is 18.5. The second-order valence-electron chi connectivity index (χ2n) is 5.97. The summed E-state index contributed by atoms with van der Waals surface area (Å²) < 4.78 is 2.17. The zero-order valence-corrected chi connectivity index (χ0v) is 15.6. The Morgan fingerprint density at radius 2 is 2.00 bits per heavy atom. The SMILES string of the molecule is CCCn1c(SC(C)C(=O)Nc2ccc(C#N)cc2)nc2ccccc21. The molecule has 132 valence electrons. The van der Waals surface area contributed by atoms with Crippen molar-refractivity contribution in [2.75, 3.05) is 5.32 Å². The second-order valence-corrected chi connectivity index (χ2v) is 7.28. The monoisotopic (exact) mass is 364 g/mol. The van der Waals surface area contributed by atoms with E-state index in [-0.39, 0.29) is 11.2 Å². The highest BCUT2D eigenvalue weighted by atomic mass is 32.2. The number of hydrogen-bond acceptors (Lipinski definition) is 4. The van der Waals surface area contributed by atoms with Crippen molar-refractivity contribution in [1.29, 1.82) is 5.26 Å². The predicted molar refractivity (Wildman–Crippen MR) is 105 cm³/mol. The number of thioether (sulfide) groups is 1. The van der Waals surface area contributed by atoms with Crippen LogP contribution in [0.3, 0.4) is 0 Å². The van der Waals surface area contributed by atoms with Gasteiger partial charge in [0.15, 0.2) is 5.16 Å². The lowest BCUT2D eigenvalue weighted by Crippen LogP contribution is -2.22. The fraction of sp³-hybridized carbons (Fsp3) is 0.250. The third-order valence-electron chi connectivity index (χ3n) is 4.00. The van der Waals surface area contributed by atoms with Gasteiger partial charge in [-0.3, -0.25) is 4.79 Å². The van der Waals surface area contributed by atoms with Crippen molar-refractivity contribution in [2.24, 2.45) is 0 Å². The minimum atomic E-state index is -0.293. The molecule has 26 heavy (non-hydrogen) atoms. The van der Waals surface area contributed by atoms with Crippen LogP contribution in [0.5, 0.6) is 0 Å². The topological polar surface area (TPSA) is 70.7 Å². The molecule has 1 amide bonds. The van der Waals surface area contributed by atoms with Crippen molar-refractivity contribution in [1.82, 2.24) is 9.55 Å². The van der Waals surface area contributed by atoms with Crippen LogP contribution in [0.4, 0.5) is 5.69 Å². The van der Waals surface area contributed by atoms with E-state index < -0.39 is 0 Å². The predicted octanol–water partition coefficient (Wildman–Crippen LogP) is 4.44. The van der Waals surface area contributed by atoms with Crippen molar-refractivity contribution >= 4 is 34.4 Å². The number of aryl methyl sites for hydroxylation is 1. The number of imidazole rings is 1. The van der Waals surface area contributed by atoms with Crippen molar-refractivity contribution in [2.45, 2.75) is 37.2 Å². The van der Waals surface area contributed by atoms with Gasteiger partial charge in [-0.1, -0.05) is 30.8 Å². The summed E-state index contributed by atoms with van der Waals surface area (Å²) in [5.74, 6) is -0.0881. The minimum absolute atomic E-state index is 0.0881. The lowest BCUT2D eigenvalue weighted by Gasteiger charge is -2.13. The number of nitriles is 1. The number of aromatic nitrogens is 2.